The first kappa shape index (κ1) is 12.5. The molecule has 1 heterocycles. The molecule has 0 atom stereocenters. The number of phenolic OH excluding ortho intramolecular Hbond substituents is 1. The second-order valence-corrected chi connectivity index (χ2v) is 5.24. The summed E-state index contributed by atoms with van der Waals surface area (Å²) in [6, 6.07) is 2.98. The Morgan fingerprint density at radius 3 is 2.39 bits per heavy atom. The lowest BCUT2D eigenvalue weighted by molar-refractivity contribution is -0.121. The maximum atomic E-state index is 11.5. The molecule has 1 aliphatic heterocycles. The molecule has 1 aromatic rings. The molecule has 2 N–H and O–H groups in total. The van der Waals surface area contributed by atoms with Crippen molar-refractivity contribution in [3.05, 3.63) is 18.2 Å². The number of carbonyl (C=O) groups is 2. The largest absolute Gasteiger partial charge is 0.506 e. The first-order valence-electron chi connectivity index (χ1n) is 4.91. The van der Waals surface area contributed by atoms with Gasteiger partial charge in [0, 0.05) is 0 Å². The van der Waals surface area contributed by atoms with Gasteiger partial charge in [-0.1, -0.05) is 0 Å². The van der Waals surface area contributed by atoms with E-state index in [4.69, 9.17) is 4.55 Å². The number of rotatable bonds is 2. The Bertz CT molecular complexity index is 636. The number of carbonyl (C=O) groups excluding carboxylic acids is 2. The van der Waals surface area contributed by atoms with Crippen LogP contribution in [0.15, 0.2) is 23.1 Å². The SMILES string of the molecule is O=C1CC(=O)N(c2cc(S(=O)(=O)O)ccc2O)C1. The molecule has 1 fully saturated rings. The first-order chi connectivity index (χ1) is 8.29. The Morgan fingerprint density at radius 1 is 1.22 bits per heavy atom. The minimum absolute atomic E-state index is 0.110. The molecule has 0 aliphatic carbocycles. The van der Waals surface area contributed by atoms with Crippen LogP contribution in [0.1, 0.15) is 6.42 Å². The molecular weight excluding hydrogens is 262 g/mol. The number of phenols is 1. The summed E-state index contributed by atoms with van der Waals surface area (Å²) < 4.78 is 30.8. The number of benzene rings is 1. The van der Waals surface area contributed by atoms with Crippen molar-refractivity contribution in [1.29, 1.82) is 0 Å². The predicted octanol–water partition coefficient (Wildman–Crippen LogP) is -0.0553. The van der Waals surface area contributed by atoms with Crippen LogP contribution < -0.4 is 4.90 Å². The Kier molecular flexibility index (Phi) is 2.83. The molecule has 7 nitrogen and oxygen atoms in total. The van der Waals surface area contributed by atoms with Gasteiger partial charge in [-0.3, -0.25) is 14.1 Å². The molecule has 18 heavy (non-hydrogen) atoms. The van der Waals surface area contributed by atoms with Crippen LogP contribution in [0, 0.1) is 0 Å². The van der Waals surface area contributed by atoms with E-state index in [1.165, 1.54) is 0 Å². The van der Waals surface area contributed by atoms with E-state index >= 15 is 0 Å². The molecule has 1 amide bonds. The molecular formula is C10H9NO6S. The maximum absolute atomic E-state index is 11.5. The van der Waals surface area contributed by atoms with E-state index in [2.05, 4.69) is 0 Å². The van der Waals surface area contributed by atoms with Crippen molar-refractivity contribution in [3.63, 3.8) is 0 Å². The number of hydrogen-bond acceptors (Lipinski definition) is 5. The Balaban J connectivity index is 2.51. The van der Waals surface area contributed by atoms with Gasteiger partial charge in [0.1, 0.15) is 5.75 Å². The van der Waals surface area contributed by atoms with Gasteiger partial charge in [-0.05, 0) is 18.2 Å². The second-order valence-electron chi connectivity index (χ2n) is 3.82. The number of Topliss-reactive ketones (excluding diaryl/α,β-unsaturated/α-hetero) is 1. The number of aromatic hydroxyl groups is 1. The van der Waals surface area contributed by atoms with Crippen molar-refractivity contribution in [3.8, 4) is 5.75 Å². The topological polar surface area (TPSA) is 112 Å². The standard InChI is InChI=1S/C10H9NO6S/c12-6-3-10(14)11(5-6)8-4-7(18(15,16)17)1-2-9(8)13/h1-2,4,13H,3,5H2,(H,15,16,17). The van der Waals surface area contributed by atoms with Gasteiger partial charge in [-0.2, -0.15) is 8.42 Å². The number of hydrogen-bond donors (Lipinski definition) is 2. The van der Waals surface area contributed by atoms with Crippen LogP contribution >= 0.6 is 0 Å². The maximum Gasteiger partial charge on any atom is 0.294 e. The van der Waals surface area contributed by atoms with E-state index in [-0.39, 0.29) is 30.2 Å². The lowest BCUT2D eigenvalue weighted by Crippen LogP contribution is -2.24. The van der Waals surface area contributed by atoms with E-state index in [0.29, 0.717) is 0 Å². The lowest BCUT2D eigenvalue weighted by Gasteiger charge is -2.16. The molecule has 0 aromatic heterocycles. The highest BCUT2D eigenvalue weighted by Gasteiger charge is 2.30. The van der Waals surface area contributed by atoms with Gasteiger partial charge in [0.2, 0.25) is 5.91 Å². The smallest absolute Gasteiger partial charge is 0.294 e. The summed E-state index contributed by atoms with van der Waals surface area (Å²) in [6.45, 7) is -0.221. The fourth-order valence-corrected chi connectivity index (χ4v) is 2.18. The number of amides is 1. The zero-order valence-electron chi connectivity index (χ0n) is 9.03. The summed E-state index contributed by atoms with van der Waals surface area (Å²) in [5.74, 6) is -1.19. The molecule has 0 spiro atoms. The first-order valence-corrected chi connectivity index (χ1v) is 6.35. The van der Waals surface area contributed by atoms with Crippen molar-refractivity contribution in [2.75, 3.05) is 11.4 Å². The van der Waals surface area contributed by atoms with Gasteiger partial charge in [0.05, 0.1) is 23.5 Å². The summed E-state index contributed by atoms with van der Waals surface area (Å²) in [6.07, 6.45) is -0.282. The molecule has 8 heteroatoms. The van der Waals surface area contributed by atoms with E-state index in [9.17, 15) is 23.1 Å². The summed E-state index contributed by atoms with van der Waals surface area (Å²) in [7, 11) is -4.44. The summed E-state index contributed by atoms with van der Waals surface area (Å²) in [5.41, 5.74) is -0.110. The van der Waals surface area contributed by atoms with Gasteiger partial charge in [0.25, 0.3) is 10.1 Å². The van der Waals surface area contributed by atoms with Crippen LogP contribution in [0.25, 0.3) is 0 Å². The summed E-state index contributed by atoms with van der Waals surface area (Å²) >= 11 is 0. The zero-order valence-corrected chi connectivity index (χ0v) is 9.85. The summed E-state index contributed by atoms with van der Waals surface area (Å²) in [4.78, 5) is 23.1. The zero-order chi connectivity index (χ0) is 13.5. The van der Waals surface area contributed by atoms with Crippen molar-refractivity contribution in [1.82, 2.24) is 0 Å². The lowest BCUT2D eigenvalue weighted by atomic mass is 10.2. The molecule has 1 saturated heterocycles. The van der Waals surface area contributed by atoms with Gasteiger partial charge in [0.15, 0.2) is 5.78 Å². The van der Waals surface area contributed by atoms with E-state index in [0.717, 1.165) is 23.1 Å². The van der Waals surface area contributed by atoms with Gasteiger partial charge in [-0.15, -0.1) is 0 Å². The van der Waals surface area contributed by atoms with Gasteiger partial charge in [-0.25, -0.2) is 0 Å². The number of ketones is 1. The van der Waals surface area contributed by atoms with Crippen LogP contribution in [-0.2, 0) is 19.7 Å². The van der Waals surface area contributed by atoms with Crippen LogP contribution in [0.2, 0.25) is 0 Å². The Hall–Kier alpha value is -1.93. The molecule has 0 bridgehead atoms. The van der Waals surface area contributed by atoms with Crippen LogP contribution in [-0.4, -0.2) is 36.3 Å². The molecule has 96 valence electrons. The van der Waals surface area contributed by atoms with Gasteiger partial charge < -0.3 is 10.0 Å². The van der Waals surface area contributed by atoms with Crippen molar-refractivity contribution < 1.29 is 27.7 Å². The average molecular weight is 271 g/mol. The third kappa shape index (κ3) is 2.20. The number of nitrogens with zero attached hydrogens (tertiary/aromatic N) is 1. The molecule has 1 aliphatic rings. The van der Waals surface area contributed by atoms with Crippen molar-refractivity contribution >= 4 is 27.5 Å². The molecule has 1 aromatic carbocycles. The van der Waals surface area contributed by atoms with Crippen LogP contribution in [0.4, 0.5) is 5.69 Å². The minimum Gasteiger partial charge on any atom is -0.506 e. The fourth-order valence-electron chi connectivity index (χ4n) is 1.68. The molecule has 0 unspecified atom stereocenters. The third-order valence-corrected chi connectivity index (χ3v) is 3.37. The van der Waals surface area contributed by atoms with E-state index < -0.39 is 20.9 Å². The number of anilines is 1. The second kappa shape index (κ2) is 4.07. The van der Waals surface area contributed by atoms with Crippen molar-refractivity contribution in [2.45, 2.75) is 11.3 Å². The highest BCUT2D eigenvalue weighted by atomic mass is 32.2. The van der Waals surface area contributed by atoms with E-state index in [1.807, 2.05) is 0 Å². The molecule has 0 radical (unpaired) electrons. The van der Waals surface area contributed by atoms with E-state index in [1.54, 1.807) is 0 Å². The van der Waals surface area contributed by atoms with Crippen molar-refractivity contribution in [2.24, 2.45) is 0 Å². The fraction of sp³-hybridized carbons (Fsp3) is 0.200. The quantitative estimate of drug-likeness (QED) is 0.576. The highest BCUT2D eigenvalue weighted by molar-refractivity contribution is 7.85. The summed E-state index contributed by atoms with van der Waals surface area (Å²) in [5, 5.41) is 9.58. The predicted molar refractivity (Wildman–Crippen MR) is 59.9 cm³/mol. The Labute approximate surface area is 102 Å². The minimum atomic E-state index is -4.44. The monoisotopic (exact) mass is 271 g/mol. The third-order valence-electron chi connectivity index (χ3n) is 2.52. The molecule has 0 saturated carbocycles. The molecule has 2 rings (SSSR count). The van der Waals surface area contributed by atoms with Crippen LogP contribution in [0.3, 0.4) is 0 Å². The van der Waals surface area contributed by atoms with Gasteiger partial charge >= 0.3 is 0 Å². The van der Waals surface area contributed by atoms with Crippen LogP contribution in [0.5, 0.6) is 5.75 Å². The average Bonchev–Trinajstić information content (AvgIpc) is 2.56. The normalized spacial score (nSPS) is 16.4. The highest BCUT2D eigenvalue weighted by Crippen LogP contribution is 2.32. The Morgan fingerprint density at radius 2 is 1.89 bits per heavy atom.